The second-order valence-electron chi connectivity index (χ2n) is 4.99. The Bertz CT molecular complexity index is 864. The molecule has 7 nitrogen and oxygen atoms in total. The number of fused-ring (bicyclic) bond motifs is 1. The van der Waals surface area contributed by atoms with Crippen molar-refractivity contribution in [2.24, 2.45) is 5.73 Å². The highest BCUT2D eigenvalue weighted by atomic mass is 79.9. The van der Waals surface area contributed by atoms with Crippen LogP contribution in [0.3, 0.4) is 0 Å². The number of halogens is 1. The van der Waals surface area contributed by atoms with Crippen LogP contribution in [0, 0.1) is 11.3 Å². The third-order valence-electron chi connectivity index (χ3n) is 3.52. The number of allylic oxidation sites excluding steroid dienone is 1. The summed E-state index contributed by atoms with van der Waals surface area (Å²) in [5.74, 6) is -0.511. The lowest BCUT2D eigenvalue weighted by molar-refractivity contribution is -0.142. The summed E-state index contributed by atoms with van der Waals surface area (Å²) in [6.45, 7) is 2.04. The quantitative estimate of drug-likeness (QED) is 0.751. The van der Waals surface area contributed by atoms with Gasteiger partial charge in [0, 0.05) is 14.7 Å². The number of hydrogen-bond acceptors (Lipinski definition) is 7. The molecule has 1 aliphatic heterocycles. The molecule has 1 aliphatic rings. The van der Waals surface area contributed by atoms with Gasteiger partial charge >= 0.3 is 5.97 Å². The minimum absolute atomic E-state index is 0.0151. The number of aromatic nitrogens is 2. The van der Waals surface area contributed by atoms with Crippen LogP contribution >= 0.6 is 27.3 Å². The molecule has 0 bridgehead atoms. The van der Waals surface area contributed by atoms with Crippen molar-refractivity contribution in [2.75, 3.05) is 6.61 Å². The fraction of sp³-hybridized carbons (Fsp3) is 0.267. The molecule has 0 aliphatic carbocycles. The van der Waals surface area contributed by atoms with Crippen LogP contribution in [0.2, 0.25) is 0 Å². The minimum Gasteiger partial charge on any atom is -0.466 e. The Morgan fingerprint density at radius 3 is 3.08 bits per heavy atom. The van der Waals surface area contributed by atoms with Crippen LogP contribution in [0.1, 0.15) is 29.0 Å². The van der Waals surface area contributed by atoms with Crippen LogP contribution < -0.4 is 10.5 Å². The van der Waals surface area contributed by atoms with Crippen LogP contribution in [0.25, 0.3) is 0 Å². The lowest BCUT2D eigenvalue weighted by atomic mass is 9.88. The van der Waals surface area contributed by atoms with Crippen molar-refractivity contribution < 1.29 is 14.3 Å². The van der Waals surface area contributed by atoms with Crippen LogP contribution in [0.4, 0.5) is 0 Å². The van der Waals surface area contributed by atoms with E-state index >= 15 is 0 Å². The smallest absolute Gasteiger partial charge is 0.311 e. The summed E-state index contributed by atoms with van der Waals surface area (Å²) >= 11 is 4.90. The molecule has 3 rings (SSSR count). The average Bonchev–Trinajstić information content (AvgIpc) is 3.13. The first kappa shape index (κ1) is 16.5. The minimum atomic E-state index is -0.432. The summed E-state index contributed by atoms with van der Waals surface area (Å²) in [4.78, 5) is 12.7. The number of carbonyl (C=O) groups is 1. The Hall–Kier alpha value is -2.31. The summed E-state index contributed by atoms with van der Waals surface area (Å²) in [6.07, 6.45) is 0.0151. The molecule has 9 heteroatoms. The number of nitriles is 1. The van der Waals surface area contributed by atoms with Crippen molar-refractivity contribution in [1.29, 1.82) is 5.26 Å². The Kier molecular flexibility index (Phi) is 4.59. The van der Waals surface area contributed by atoms with Gasteiger partial charge in [-0.3, -0.25) is 9.89 Å². The molecule has 3 N–H and O–H groups in total. The van der Waals surface area contributed by atoms with E-state index in [2.05, 4.69) is 32.2 Å². The predicted molar refractivity (Wildman–Crippen MR) is 90.2 cm³/mol. The maximum Gasteiger partial charge on any atom is 0.311 e. The maximum atomic E-state index is 11.8. The molecule has 2 aromatic heterocycles. The lowest BCUT2D eigenvalue weighted by Crippen LogP contribution is -2.21. The predicted octanol–water partition coefficient (Wildman–Crippen LogP) is 2.56. The van der Waals surface area contributed by atoms with Crippen molar-refractivity contribution >= 4 is 33.2 Å². The number of nitrogens with zero attached hydrogens (tertiary/aromatic N) is 2. The lowest BCUT2D eigenvalue weighted by Gasteiger charge is -2.22. The van der Waals surface area contributed by atoms with Gasteiger partial charge in [-0.05, 0) is 28.9 Å². The Morgan fingerprint density at radius 2 is 2.46 bits per heavy atom. The average molecular weight is 409 g/mol. The van der Waals surface area contributed by atoms with E-state index in [1.54, 1.807) is 6.92 Å². The third kappa shape index (κ3) is 2.90. The second-order valence-corrected chi connectivity index (χ2v) is 6.85. The van der Waals surface area contributed by atoms with Gasteiger partial charge in [-0.2, -0.15) is 5.26 Å². The molecule has 0 aromatic carbocycles. The van der Waals surface area contributed by atoms with Crippen molar-refractivity contribution in [1.82, 2.24) is 10.2 Å². The van der Waals surface area contributed by atoms with E-state index in [4.69, 9.17) is 15.2 Å². The van der Waals surface area contributed by atoms with E-state index in [1.165, 1.54) is 11.3 Å². The summed E-state index contributed by atoms with van der Waals surface area (Å²) < 4.78 is 11.3. The van der Waals surface area contributed by atoms with Crippen LogP contribution in [0.5, 0.6) is 5.88 Å². The molecule has 0 saturated carbocycles. The van der Waals surface area contributed by atoms with E-state index in [0.717, 1.165) is 9.35 Å². The molecule has 0 radical (unpaired) electrons. The molecule has 24 heavy (non-hydrogen) atoms. The molecule has 1 atom stereocenters. The zero-order chi connectivity index (χ0) is 17.3. The van der Waals surface area contributed by atoms with Gasteiger partial charge in [0.15, 0.2) is 0 Å². The van der Waals surface area contributed by atoms with Crippen LogP contribution in [0.15, 0.2) is 27.4 Å². The number of rotatable bonds is 4. The van der Waals surface area contributed by atoms with Gasteiger partial charge in [0.05, 0.1) is 30.2 Å². The number of thiophene rings is 1. The molecule has 2 aromatic rings. The summed E-state index contributed by atoms with van der Waals surface area (Å²) in [5, 5.41) is 18.3. The highest BCUT2D eigenvalue weighted by molar-refractivity contribution is 9.10. The van der Waals surface area contributed by atoms with Crippen molar-refractivity contribution in [3.63, 3.8) is 0 Å². The van der Waals surface area contributed by atoms with Crippen LogP contribution in [-0.2, 0) is 16.0 Å². The molecule has 0 saturated heterocycles. The van der Waals surface area contributed by atoms with Gasteiger partial charge < -0.3 is 15.2 Å². The first-order valence-electron chi connectivity index (χ1n) is 7.09. The number of ether oxygens (including phenoxy) is 2. The number of esters is 1. The summed E-state index contributed by atoms with van der Waals surface area (Å²) in [5.41, 5.74) is 7.37. The molecule has 1 unspecified atom stereocenters. The molecule has 0 amide bonds. The SMILES string of the molecule is CCOC(=O)Cc1[nH]nc2c1C(c1cc(Br)cs1)C(C#N)=C(N)O2. The molecular formula is C15H13BrN4O3S. The third-order valence-corrected chi connectivity index (χ3v) is 5.27. The number of H-pyrrole nitrogens is 1. The van der Waals surface area contributed by atoms with Gasteiger partial charge in [-0.15, -0.1) is 16.4 Å². The molecule has 3 heterocycles. The zero-order valence-electron chi connectivity index (χ0n) is 12.6. The topological polar surface area (TPSA) is 114 Å². The van der Waals surface area contributed by atoms with E-state index in [-0.39, 0.29) is 24.2 Å². The Labute approximate surface area is 150 Å². The zero-order valence-corrected chi connectivity index (χ0v) is 15.0. The van der Waals surface area contributed by atoms with Gasteiger partial charge in [0.1, 0.15) is 11.6 Å². The fourth-order valence-corrected chi connectivity index (χ4v) is 4.13. The second kappa shape index (κ2) is 6.67. The number of hydrogen-bond donors (Lipinski definition) is 2. The van der Waals surface area contributed by atoms with Crippen LogP contribution in [-0.4, -0.2) is 22.8 Å². The van der Waals surface area contributed by atoms with E-state index in [0.29, 0.717) is 23.4 Å². The first-order chi connectivity index (χ1) is 11.5. The monoisotopic (exact) mass is 408 g/mol. The van der Waals surface area contributed by atoms with Crippen molar-refractivity contribution in [2.45, 2.75) is 19.3 Å². The normalized spacial score (nSPS) is 16.3. The Balaban J connectivity index is 2.09. The van der Waals surface area contributed by atoms with Gasteiger partial charge in [-0.1, -0.05) is 0 Å². The highest BCUT2D eigenvalue weighted by Crippen LogP contribution is 2.45. The van der Waals surface area contributed by atoms with Crippen molar-refractivity contribution in [3.8, 4) is 11.9 Å². The molecule has 0 spiro atoms. The van der Waals surface area contributed by atoms with Gasteiger partial charge in [-0.25, -0.2) is 0 Å². The number of aromatic amines is 1. The standard InChI is InChI=1S/C15H13BrN4O3S/c1-2-22-11(21)4-9-13-12(10-3-7(16)6-24-10)8(5-17)14(18)23-15(13)20-19-9/h3,6,12H,2,4,18H2,1H3,(H,19,20). The number of nitrogens with two attached hydrogens (primary N) is 1. The van der Waals surface area contributed by atoms with Gasteiger partial charge in [0.2, 0.25) is 11.8 Å². The number of carbonyl (C=O) groups excluding carboxylic acids is 1. The summed E-state index contributed by atoms with van der Waals surface area (Å²) in [7, 11) is 0. The fourth-order valence-electron chi connectivity index (χ4n) is 2.56. The van der Waals surface area contributed by atoms with Crippen molar-refractivity contribution in [3.05, 3.63) is 43.5 Å². The molecule has 0 fully saturated rings. The highest BCUT2D eigenvalue weighted by Gasteiger charge is 2.36. The number of nitrogens with one attached hydrogen (secondary N) is 1. The van der Waals surface area contributed by atoms with E-state index in [1.807, 2.05) is 11.4 Å². The Morgan fingerprint density at radius 1 is 1.67 bits per heavy atom. The first-order valence-corrected chi connectivity index (χ1v) is 8.76. The van der Waals surface area contributed by atoms with Gasteiger partial charge in [0.25, 0.3) is 0 Å². The van der Waals surface area contributed by atoms with E-state index in [9.17, 15) is 10.1 Å². The molecule has 124 valence electrons. The molecular weight excluding hydrogens is 396 g/mol. The maximum absolute atomic E-state index is 11.8. The largest absolute Gasteiger partial charge is 0.466 e. The summed E-state index contributed by atoms with van der Waals surface area (Å²) in [6, 6.07) is 4.02. The van der Waals surface area contributed by atoms with E-state index < -0.39 is 5.92 Å².